The molecular formula is C19H28N2O. The van der Waals surface area contributed by atoms with Crippen molar-refractivity contribution in [1.29, 1.82) is 0 Å². The first-order chi connectivity index (χ1) is 10.3. The highest BCUT2D eigenvalue weighted by Gasteiger charge is 2.23. The van der Waals surface area contributed by atoms with Gasteiger partial charge in [0.15, 0.2) is 0 Å². The van der Waals surface area contributed by atoms with Crippen LogP contribution in [0.15, 0.2) is 29.4 Å². The van der Waals surface area contributed by atoms with Crippen LogP contribution in [-0.4, -0.2) is 11.6 Å². The van der Waals surface area contributed by atoms with Crippen LogP contribution in [0.5, 0.6) is 0 Å². The fourth-order valence-corrected chi connectivity index (χ4v) is 3.03. The predicted molar refractivity (Wildman–Crippen MR) is 92.2 cm³/mol. The van der Waals surface area contributed by atoms with E-state index in [9.17, 15) is 4.79 Å². The molecule has 2 atom stereocenters. The summed E-state index contributed by atoms with van der Waals surface area (Å²) in [6.07, 6.45) is 3.59. The van der Waals surface area contributed by atoms with Crippen molar-refractivity contribution in [3.63, 3.8) is 0 Å². The summed E-state index contributed by atoms with van der Waals surface area (Å²) in [4.78, 5) is 12.2. The molecule has 0 spiro atoms. The van der Waals surface area contributed by atoms with Crippen molar-refractivity contribution < 1.29 is 4.79 Å². The monoisotopic (exact) mass is 300 g/mol. The van der Waals surface area contributed by atoms with E-state index in [0.29, 0.717) is 17.4 Å². The van der Waals surface area contributed by atoms with Gasteiger partial charge in [0.05, 0.1) is 0 Å². The van der Waals surface area contributed by atoms with Crippen molar-refractivity contribution in [1.82, 2.24) is 5.43 Å². The van der Waals surface area contributed by atoms with Gasteiger partial charge >= 0.3 is 0 Å². The van der Waals surface area contributed by atoms with Gasteiger partial charge in [0.1, 0.15) is 0 Å². The third-order valence-electron chi connectivity index (χ3n) is 4.58. The fraction of sp³-hybridized carbons (Fsp3) is 0.579. The summed E-state index contributed by atoms with van der Waals surface area (Å²) < 4.78 is 0. The maximum Gasteiger partial charge on any atom is 0.271 e. The lowest BCUT2D eigenvalue weighted by atomic mass is 9.81. The van der Waals surface area contributed by atoms with Crippen molar-refractivity contribution in [3.05, 3.63) is 35.4 Å². The lowest BCUT2D eigenvalue weighted by Crippen LogP contribution is -2.29. The van der Waals surface area contributed by atoms with Crippen molar-refractivity contribution in [2.45, 2.75) is 59.3 Å². The molecule has 22 heavy (non-hydrogen) atoms. The van der Waals surface area contributed by atoms with Crippen LogP contribution >= 0.6 is 0 Å². The van der Waals surface area contributed by atoms with Crippen LogP contribution in [0.3, 0.4) is 0 Å². The molecule has 1 aromatic rings. The molecule has 120 valence electrons. The third kappa shape index (κ3) is 3.96. The molecule has 1 aromatic carbocycles. The number of benzene rings is 1. The summed E-state index contributed by atoms with van der Waals surface area (Å²) >= 11 is 0. The molecule has 0 bridgehead atoms. The van der Waals surface area contributed by atoms with E-state index in [0.717, 1.165) is 5.71 Å². The number of nitrogens with one attached hydrogen (secondary N) is 1. The molecule has 0 heterocycles. The van der Waals surface area contributed by atoms with E-state index >= 15 is 0 Å². The number of carbonyl (C=O) groups excluding carboxylic acids is 1. The van der Waals surface area contributed by atoms with Gasteiger partial charge < -0.3 is 0 Å². The van der Waals surface area contributed by atoms with Crippen molar-refractivity contribution >= 4 is 11.6 Å². The normalized spacial score (nSPS) is 22.3. The largest absolute Gasteiger partial charge is 0.271 e. The Morgan fingerprint density at radius 2 is 1.64 bits per heavy atom. The Morgan fingerprint density at radius 1 is 1.09 bits per heavy atom. The molecule has 3 nitrogen and oxygen atoms in total. The summed E-state index contributed by atoms with van der Waals surface area (Å²) in [5.74, 6) is 0.803. The lowest BCUT2D eigenvalue weighted by molar-refractivity contribution is 0.0954. The molecular weight excluding hydrogens is 272 g/mol. The zero-order valence-electron chi connectivity index (χ0n) is 14.4. The lowest BCUT2D eigenvalue weighted by Gasteiger charge is -2.26. The first-order valence-electron chi connectivity index (χ1n) is 8.27. The van der Waals surface area contributed by atoms with Crippen LogP contribution in [0.4, 0.5) is 0 Å². The van der Waals surface area contributed by atoms with E-state index in [1.54, 1.807) is 0 Å². The van der Waals surface area contributed by atoms with Crippen LogP contribution < -0.4 is 5.43 Å². The van der Waals surface area contributed by atoms with Crippen LogP contribution in [-0.2, 0) is 5.41 Å². The van der Waals surface area contributed by atoms with E-state index in [-0.39, 0.29) is 11.3 Å². The number of hydrogen-bond donors (Lipinski definition) is 1. The predicted octanol–water partition coefficient (Wildman–Crippen LogP) is 4.53. The molecule has 1 aliphatic carbocycles. The molecule has 0 unspecified atom stereocenters. The number of carbonyl (C=O) groups is 1. The van der Waals surface area contributed by atoms with Gasteiger partial charge in [-0.3, -0.25) is 4.79 Å². The van der Waals surface area contributed by atoms with E-state index in [1.165, 1.54) is 24.8 Å². The first kappa shape index (κ1) is 16.7. The van der Waals surface area contributed by atoms with Crippen LogP contribution in [0.2, 0.25) is 0 Å². The quantitative estimate of drug-likeness (QED) is 0.801. The summed E-state index contributed by atoms with van der Waals surface area (Å²) in [5.41, 5.74) is 5.85. The Morgan fingerprint density at radius 3 is 2.14 bits per heavy atom. The van der Waals surface area contributed by atoms with Crippen LogP contribution in [0, 0.1) is 11.8 Å². The number of hydrogen-bond acceptors (Lipinski definition) is 2. The standard InChI is InChI=1S/C19H28N2O/c1-13-7-6-8-14(2)17(13)20-21-18(22)15-9-11-16(12-10-15)19(3,4)5/h9-14H,6-8H2,1-5H3,(H,21,22)/t13-,14-/m0/s1. The molecule has 0 aromatic heterocycles. The SMILES string of the molecule is C[C@H]1CCC[C@H](C)C1=NNC(=O)c1ccc(C(C)(C)C)cc1. The highest BCUT2D eigenvalue weighted by Crippen LogP contribution is 2.26. The minimum Gasteiger partial charge on any atom is -0.267 e. The van der Waals surface area contributed by atoms with Gasteiger partial charge in [0.25, 0.3) is 5.91 Å². The molecule has 3 heteroatoms. The molecule has 0 saturated heterocycles. The number of amides is 1. The Labute approximate surface area is 134 Å². The van der Waals surface area contributed by atoms with Gasteiger partial charge in [-0.25, -0.2) is 5.43 Å². The van der Waals surface area contributed by atoms with Crippen molar-refractivity contribution in [2.24, 2.45) is 16.9 Å². The Balaban J connectivity index is 2.06. The molecule has 1 aliphatic rings. The Hall–Kier alpha value is -1.64. The van der Waals surface area contributed by atoms with Gasteiger partial charge in [-0.2, -0.15) is 5.10 Å². The summed E-state index contributed by atoms with van der Waals surface area (Å²) in [6, 6.07) is 7.80. The molecule has 1 saturated carbocycles. The molecule has 1 N–H and O–H groups in total. The zero-order chi connectivity index (χ0) is 16.3. The minimum atomic E-state index is -0.127. The molecule has 1 fully saturated rings. The van der Waals surface area contributed by atoms with E-state index in [4.69, 9.17) is 0 Å². The highest BCUT2D eigenvalue weighted by atomic mass is 16.2. The second-order valence-corrected chi connectivity index (χ2v) is 7.54. The zero-order valence-corrected chi connectivity index (χ0v) is 14.4. The summed E-state index contributed by atoms with van der Waals surface area (Å²) in [6.45, 7) is 10.9. The topological polar surface area (TPSA) is 41.5 Å². The smallest absolute Gasteiger partial charge is 0.267 e. The van der Waals surface area contributed by atoms with Crippen LogP contribution in [0.25, 0.3) is 0 Å². The Bertz CT molecular complexity index is 540. The molecule has 2 rings (SSSR count). The maximum atomic E-state index is 12.2. The number of nitrogens with zero attached hydrogens (tertiary/aromatic N) is 1. The third-order valence-corrected chi connectivity index (χ3v) is 4.58. The Kier molecular flexibility index (Phi) is 5.05. The van der Waals surface area contributed by atoms with Gasteiger partial charge in [0.2, 0.25) is 0 Å². The van der Waals surface area contributed by atoms with E-state index < -0.39 is 0 Å². The molecule has 1 amide bonds. The van der Waals surface area contributed by atoms with Crippen LogP contribution in [0.1, 0.15) is 69.8 Å². The van der Waals surface area contributed by atoms with Gasteiger partial charge in [-0.1, -0.05) is 53.2 Å². The summed E-state index contributed by atoms with van der Waals surface area (Å²) in [5, 5.41) is 4.41. The van der Waals surface area contributed by atoms with Crippen molar-refractivity contribution in [2.75, 3.05) is 0 Å². The second kappa shape index (κ2) is 6.64. The summed E-state index contributed by atoms with van der Waals surface area (Å²) in [7, 11) is 0. The minimum absolute atomic E-state index is 0.0994. The highest BCUT2D eigenvalue weighted by molar-refractivity contribution is 5.96. The number of rotatable bonds is 2. The number of hydrazone groups is 1. The van der Waals surface area contributed by atoms with Gasteiger partial charge in [-0.05, 0) is 47.8 Å². The first-order valence-corrected chi connectivity index (χ1v) is 8.27. The fourth-order valence-electron chi connectivity index (χ4n) is 3.03. The second-order valence-electron chi connectivity index (χ2n) is 7.54. The average Bonchev–Trinajstić information content (AvgIpc) is 2.46. The van der Waals surface area contributed by atoms with E-state index in [1.807, 2.05) is 24.3 Å². The van der Waals surface area contributed by atoms with Gasteiger partial charge in [-0.15, -0.1) is 0 Å². The van der Waals surface area contributed by atoms with Gasteiger partial charge in [0, 0.05) is 11.3 Å². The molecule has 0 aliphatic heterocycles. The average molecular weight is 300 g/mol. The van der Waals surface area contributed by atoms with E-state index in [2.05, 4.69) is 45.1 Å². The maximum absolute atomic E-state index is 12.2. The van der Waals surface area contributed by atoms with Crippen molar-refractivity contribution in [3.8, 4) is 0 Å². The molecule has 0 radical (unpaired) electrons.